The maximum absolute atomic E-state index is 12.5. The lowest BCUT2D eigenvalue weighted by atomic mass is 9.81. The summed E-state index contributed by atoms with van der Waals surface area (Å²) in [7, 11) is 0. The number of imide groups is 1. The van der Waals surface area contributed by atoms with Crippen molar-refractivity contribution in [1.82, 2.24) is 4.90 Å². The van der Waals surface area contributed by atoms with Crippen LogP contribution in [0.4, 0.5) is 5.69 Å². The van der Waals surface area contributed by atoms with Gasteiger partial charge in [0.2, 0.25) is 11.8 Å². The Bertz CT molecular complexity index is 573. The number of nitrogen functional groups attached to an aromatic ring is 1. The molecule has 3 aliphatic rings. The van der Waals surface area contributed by atoms with E-state index < -0.39 is 0 Å². The van der Waals surface area contributed by atoms with Crippen LogP contribution in [0.3, 0.4) is 0 Å². The van der Waals surface area contributed by atoms with E-state index in [1.54, 1.807) is 6.07 Å². The van der Waals surface area contributed by atoms with Crippen LogP contribution in [0, 0.1) is 11.8 Å². The summed E-state index contributed by atoms with van der Waals surface area (Å²) in [6, 6.07) is 7.35. The minimum atomic E-state index is -0.258. The standard InChI is InChI=1S/C15H16N2O3/c16-9-4-2-1-3-8(9)7-17-14(18)12-10-5-6-11(20-10)13(12)15(17)19/h1-4,10-13H,5-7,16H2/t10-,11+,12?,13?. The molecule has 20 heavy (non-hydrogen) atoms. The number of benzene rings is 1. The van der Waals surface area contributed by atoms with Crippen molar-refractivity contribution < 1.29 is 14.3 Å². The van der Waals surface area contributed by atoms with Crippen molar-refractivity contribution in [3.05, 3.63) is 29.8 Å². The Labute approximate surface area is 116 Å². The zero-order valence-electron chi connectivity index (χ0n) is 11.0. The van der Waals surface area contributed by atoms with Crippen molar-refractivity contribution in [3.63, 3.8) is 0 Å². The summed E-state index contributed by atoms with van der Waals surface area (Å²) in [6.45, 7) is 0.275. The first-order valence-electron chi connectivity index (χ1n) is 7.01. The van der Waals surface area contributed by atoms with Crippen LogP contribution in [0.2, 0.25) is 0 Å². The van der Waals surface area contributed by atoms with E-state index in [0.29, 0.717) is 5.69 Å². The molecule has 4 rings (SSSR count). The molecule has 3 saturated heterocycles. The Hall–Kier alpha value is -1.88. The maximum atomic E-state index is 12.5. The maximum Gasteiger partial charge on any atom is 0.236 e. The molecule has 0 saturated carbocycles. The lowest BCUT2D eigenvalue weighted by Gasteiger charge is -2.18. The monoisotopic (exact) mass is 272 g/mol. The van der Waals surface area contributed by atoms with Crippen LogP contribution in [0.5, 0.6) is 0 Å². The molecular formula is C15H16N2O3. The fraction of sp³-hybridized carbons (Fsp3) is 0.467. The number of anilines is 1. The van der Waals surface area contributed by atoms with Crippen LogP contribution in [0.25, 0.3) is 0 Å². The predicted octanol–water partition coefficient (Wildman–Crippen LogP) is 0.931. The van der Waals surface area contributed by atoms with Gasteiger partial charge in [0.1, 0.15) is 0 Å². The highest BCUT2D eigenvalue weighted by atomic mass is 16.5. The third kappa shape index (κ3) is 1.47. The van der Waals surface area contributed by atoms with Gasteiger partial charge < -0.3 is 10.5 Å². The van der Waals surface area contributed by atoms with Crippen molar-refractivity contribution in [2.45, 2.75) is 31.6 Å². The van der Waals surface area contributed by atoms with Gasteiger partial charge in [-0.1, -0.05) is 18.2 Å². The summed E-state index contributed by atoms with van der Waals surface area (Å²) in [5.74, 6) is -0.691. The molecule has 0 radical (unpaired) electrons. The average molecular weight is 272 g/mol. The van der Waals surface area contributed by atoms with Crippen molar-refractivity contribution in [2.75, 3.05) is 5.73 Å². The Morgan fingerprint density at radius 1 is 1.10 bits per heavy atom. The topological polar surface area (TPSA) is 72.6 Å². The van der Waals surface area contributed by atoms with Gasteiger partial charge in [-0.15, -0.1) is 0 Å². The Morgan fingerprint density at radius 2 is 1.70 bits per heavy atom. The molecule has 0 spiro atoms. The molecule has 4 atom stereocenters. The second-order valence-corrected chi connectivity index (χ2v) is 5.80. The molecule has 2 unspecified atom stereocenters. The summed E-state index contributed by atoms with van der Waals surface area (Å²) in [5, 5.41) is 0. The lowest BCUT2D eigenvalue weighted by Crippen LogP contribution is -2.33. The molecule has 3 aliphatic heterocycles. The van der Waals surface area contributed by atoms with Crippen LogP contribution in [-0.2, 0) is 20.9 Å². The predicted molar refractivity (Wildman–Crippen MR) is 71.3 cm³/mol. The van der Waals surface area contributed by atoms with Crippen molar-refractivity contribution in [3.8, 4) is 0 Å². The summed E-state index contributed by atoms with van der Waals surface area (Å²) < 4.78 is 5.71. The number of hydrogen-bond acceptors (Lipinski definition) is 4. The number of nitrogens with two attached hydrogens (primary N) is 1. The van der Waals surface area contributed by atoms with Gasteiger partial charge >= 0.3 is 0 Å². The molecule has 1 aromatic rings. The highest BCUT2D eigenvalue weighted by Crippen LogP contribution is 2.48. The number of likely N-dealkylation sites (tertiary alicyclic amines) is 1. The summed E-state index contributed by atoms with van der Waals surface area (Å²) in [6.07, 6.45) is 1.68. The number of carbonyl (C=O) groups is 2. The first-order valence-corrected chi connectivity index (χ1v) is 7.01. The number of para-hydroxylation sites is 1. The van der Waals surface area contributed by atoms with E-state index in [4.69, 9.17) is 10.5 Å². The van der Waals surface area contributed by atoms with E-state index in [-0.39, 0.29) is 42.4 Å². The number of ether oxygens (including phenoxy) is 1. The Morgan fingerprint density at radius 3 is 2.30 bits per heavy atom. The third-order valence-corrected chi connectivity index (χ3v) is 4.76. The normalized spacial score (nSPS) is 34.9. The Kier molecular flexibility index (Phi) is 2.41. The van der Waals surface area contributed by atoms with E-state index in [2.05, 4.69) is 0 Å². The smallest absolute Gasteiger partial charge is 0.236 e. The molecule has 2 bridgehead atoms. The largest absolute Gasteiger partial charge is 0.398 e. The number of fused-ring (bicyclic) bond motifs is 5. The van der Waals surface area contributed by atoms with Gasteiger partial charge in [-0.25, -0.2) is 0 Å². The minimum Gasteiger partial charge on any atom is -0.398 e. The van der Waals surface area contributed by atoms with Crippen LogP contribution < -0.4 is 5.73 Å². The van der Waals surface area contributed by atoms with Crippen molar-refractivity contribution in [2.24, 2.45) is 11.8 Å². The Balaban J connectivity index is 1.63. The van der Waals surface area contributed by atoms with Crippen LogP contribution in [0.15, 0.2) is 24.3 Å². The minimum absolute atomic E-state index is 0.0560. The summed E-state index contributed by atoms with van der Waals surface area (Å²) >= 11 is 0. The fourth-order valence-corrected chi connectivity index (χ4v) is 3.78. The van der Waals surface area contributed by atoms with E-state index in [0.717, 1.165) is 18.4 Å². The molecule has 5 heteroatoms. The van der Waals surface area contributed by atoms with Crippen molar-refractivity contribution >= 4 is 17.5 Å². The average Bonchev–Trinajstić information content (AvgIpc) is 3.10. The van der Waals surface area contributed by atoms with Crippen molar-refractivity contribution in [1.29, 1.82) is 0 Å². The number of rotatable bonds is 2. The first-order chi connectivity index (χ1) is 9.66. The molecule has 2 N–H and O–H groups in total. The van der Waals surface area contributed by atoms with E-state index in [9.17, 15) is 9.59 Å². The fourth-order valence-electron chi connectivity index (χ4n) is 3.78. The van der Waals surface area contributed by atoms with Gasteiger partial charge in [-0.05, 0) is 24.5 Å². The van der Waals surface area contributed by atoms with Gasteiger partial charge in [-0.3, -0.25) is 14.5 Å². The molecule has 3 heterocycles. The number of hydrogen-bond donors (Lipinski definition) is 1. The van der Waals surface area contributed by atoms with E-state index in [1.165, 1.54) is 4.90 Å². The molecule has 1 aromatic carbocycles. The first kappa shape index (κ1) is 11.9. The lowest BCUT2D eigenvalue weighted by molar-refractivity contribution is -0.143. The molecule has 3 fully saturated rings. The number of nitrogens with zero attached hydrogens (tertiary/aromatic N) is 1. The third-order valence-electron chi connectivity index (χ3n) is 4.76. The summed E-state index contributed by atoms with van der Waals surface area (Å²) in [4.78, 5) is 26.3. The van der Waals surface area contributed by atoms with E-state index in [1.807, 2.05) is 18.2 Å². The summed E-state index contributed by atoms with van der Waals surface area (Å²) in [5.41, 5.74) is 7.34. The molecule has 2 amide bonds. The van der Waals surface area contributed by atoms with Crippen LogP contribution in [-0.4, -0.2) is 28.9 Å². The van der Waals surface area contributed by atoms with Gasteiger partial charge in [0.05, 0.1) is 30.6 Å². The molecular weight excluding hydrogens is 256 g/mol. The SMILES string of the molecule is Nc1ccccc1CN1C(=O)C2C(C1=O)[C@H]1CC[C@@H]2O1. The quantitative estimate of drug-likeness (QED) is 0.642. The van der Waals surface area contributed by atoms with Crippen LogP contribution in [0.1, 0.15) is 18.4 Å². The highest BCUT2D eigenvalue weighted by molar-refractivity contribution is 6.06. The van der Waals surface area contributed by atoms with Gasteiger partial charge in [0.25, 0.3) is 0 Å². The van der Waals surface area contributed by atoms with Gasteiger partial charge in [0.15, 0.2) is 0 Å². The molecule has 104 valence electrons. The molecule has 0 aromatic heterocycles. The van der Waals surface area contributed by atoms with E-state index >= 15 is 0 Å². The molecule has 5 nitrogen and oxygen atoms in total. The number of carbonyl (C=O) groups excluding carboxylic acids is 2. The zero-order valence-corrected chi connectivity index (χ0v) is 11.0. The second-order valence-electron chi connectivity index (χ2n) is 5.80. The van der Waals surface area contributed by atoms with Gasteiger partial charge in [-0.2, -0.15) is 0 Å². The zero-order chi connectivity index (χ0) is 13.9. The highest BCUT2D eigenvalue weighted by Gasteiger charge is 2.62. The van der Waals surface area contributed by atoms with Gasteiger partial charge in [0, 0.05) is 5.69 Å². The van der Waals surface area contributed by atoms with Crippen LogP contribution >= 0.6 is 0 Å². The number of amides is 2. The molecule has 0 aliphatic carbocycles. The second kappa shape index (κ2) is 4.06.